The molecule has 1 aliphatic rings. The van der Waals surface area contributed by atoms with Gasteiger partial charge in [0.2, 0.25) is 0 Å². The first-order valence-electron chi connectivity index (χ1n) is 12.6. The number of anilines is 2. The highest BCUT2D eigenvalue weighted by molar-refractivity contribution is 6.34. The molecule has 194 valence electrons. The van der Waals surface area contributed by atoms with Gasteiger partial charge in [0.25, 0.3) is 5.91 Å². The first-order valence-corrected chi connectivity index (χ1v) is 13.0. The molecule has 0 radical (unpaired) electrons. The largest absolute Gasteiger partial charge is 0.393 e. The van der Waals surface area contributed by atoms with Crippen molar-refractivity contribution in [1.29, 1.82) is 0 Å². The standard InChI is InChI=1S/C29H28ClN5O3/c30-23-14-11-19(24-7-4-8-27(31)32-24)16-22(23)29(38)33-28-17-25(34-35(28)20-5-2-1-3-6-20)26(37)15-18-9-12-21(36)13-10-18/h1-8,11,14,16-18,21,36H,9-10,12-13,15H2,(H2,31,32)(H,33,38). The molecular weight excluding hydrogens is 502 g/mol. The summed E-state index contributed by atoms with van der Waals surface area (Å²) in [6, 6.07) is 21.2. The van der Waals surface area contributed by atoms with Gasteiger partial charge in [0.15, 0.2) is 5.78 Å². The minimum Gasteiger partial charge on any atom is -0.393 e. The highest BCUT2D eigenvalue weighted by Crippen LogP contribution is 2.29. The van der Waals surface area contributed by atoms with Gasteiger partial charge in [0, 0.05) is 18.1 Å². The Hall–Kier alpha value is -4.01. The second-order valence-corrected chi connectivity index (χ2v) is 9.97. The maximum Gasteiger partial charge on any atom is 0.258 e. The maximum absolute atomic E-state index is 13.4. The van der Waals surface area contributed by atoms with Crippen molar-refractivity contribution < 1.29 is 14.7 Å². The van der Waals surface area contributed by atoms with Crippen LogP contribution < -0.4 is 11.1 Å². The van der Waals surface area contributed by atoms with Gasteiger partial charge in [-0.05, 0) is 68.0 Å². The number of carbonyl (C=O) groups is 2. The Labute approximate surface area is 225 Å². The summed E-state index contributed by atoms with van der Waals surface area (Å²) < 4.78 is 1.55. The molecular formula is C29H28ClN5O3. The number of carbonyl (C=O) groups excluding carboxylic acids is 2. The molecule has 1 amide bonds. The number of nitrogens with two attached hydrogens (primary N) is 1. The number of ketones is 1. The van der Waals surface area contributed by atoms with Crippen LogP contribution in [0, 0.1) is 5.92 Å². The lowest BCUT2D eigenvalue weighted by molar-refractivity contribution is 0.0855. The number of nitrogen functional groups attached to an aromatic ring is 1. The molecule has 2 aromatic carbocycles. The van der Waals surface area contributed by atoms with Crippen LogP contribution in [-0.4, -0.2) is 37.7 Å². The fraction of sp³-hybridized carbons (Fsp3) is 0.241. The second-order valence-electron chi connectivity index (χ2n) is 9.56. The number of pyridine rings is 1. The average molecular weight is 530 g/mol. The molecule has 0 aliphatic heterocycles. The minimum atomic E-state index is -0.446. The summed E-state index contributed by atoms with van der Waals surface area (Å²) in [4.78, 5) is 30.9. The second kappa shape index (κ2) is 11.2. The molecule has 2 heterocycles. The summed E-state index contributed by atoms with van der Waals surface area (Å²) in [5, 5.41) is 17.5. The predicted octanol–water partition coefficient (Wildman–Crippen LogP) is 5.55. The van der Waals surface area contributed by atoms with Crippen molar-refractivity contribution in [2.75, 3.05) is 11.1 Å². The summed E-state index contributed by atoms with van der Waals surface area (Å²) in [5.41, 5.74) is 8.36. The molecule has 1 saturated carbocycles. The molecule has 0 atom stereocenters. The Morgan fingerprint density at radius 3 is 2.50 bits per heavy atom. The first kappa shape index (κ1) is 25.6. The number of aliphatic hydroxyl groups is 1. The number of halogens is 1. The fourth-order valence-electron chi connectivity index (χ4n) is 4.74. The molecule has 4 N–H and O–H groups in total. The maximum atomic E-state index is 13.4. The highest BCUT2D eigenvalue weighted by Gasteiger charge is 2.25. The number of aliphatic hydroxyl groups excluding tert-OH is 1. The van der Waals surface area contributed by atoms with Gasteiger partial charge in [0.05, 0.1) is 28.1 Å². The van der Waals surface area contributed by atoms with Crippen molar-refractivity contribution in [3.63, 3.8) is 0 Å². The van der Waals surface area contributed by atoms with Gasteiger partial charge in [-0.15, -0.1) is 0 Å². The third-order valence-corrected chi connectivity index (χ3v) is 7.13. The molecule has 2 aromatic heterocycles. The zero-order chi connectivity index (χ0) is 26.6. The van der Waals surface area contributed by atoms with E-state index in [0.717, 1.165) is 12.8 Å². The molecule has 0 saturated heterocycles. The molecule has 1 aliphatic carbocycles. The lowest BCUT2D eigenvalue weighted by Gasteiger charge is -2.24. The monoisotopic (exact) mass is 529 g/mol. The van der Waals surface area contributed by atoms with Gasteiger partial charge in [0.1, 0.15) is 17.3 Å². The Kier molecular flexibility index (Phi) is 7.53. The zero-order valence-electron chi connectivity index (χ0n) is 20.7. The van der Waals surface area contributed by atoms with Crippen molar-refractivity contribution >= 4 is 34.9 Å². The van der Waals surface area contributed by atoms with E-state index < -0.39 is 5.91 Å². The summed E-state index contributed by atoms with van der Waals surface area (Å²) >= 11 is 6.41. The van der Waals surface area contributed by atoms with E-state index in [1.165, 1.54) is 0 Å². The highest BCUT2D eigenvalue weighted by atomic mass is 35.5. The Bertz CT molecular complexity index is 1460. The molecule has 0 unspecified atom stereocenters. The number of rotatable bonds is 7. The lowest BCUT2D eigenvalue weighted by Crippen LogP contribution is -2.20. The average Bonchev–Trinajstić information content (AvgIpc) is 3.34. The van der Waals surface area contributed by atoms with E-state index >= 15 is 0 Å². The molecule has 0 bridgehead atoms. The molecule has 9 heteroatoms. The lowest BCUT2D eigenvalue weighted by atomic mass is 9.84. The van der Waals surface area contributed by atoms with Crippen molar-refractivity contribution in [1.82, 2.24) is 14.8 Å². The van der Waals surface area contributed by atoms with E-state index in [4.69, 9.17) is 17.3 Å². The van der Waals surface area contributed by atoms with Crippen LogP contribution in [0.4, 0.5) is 11.6 Å². The molecule has 8 nitrogen and oxygen atoms in total. The van der Waals surface area contributed by atoms with Gasteiger partial charge < -0.3 is 16.2 Å². The van der Waals surface area contributed by atoms with Crippen LogP contribution in [-0.2, 0) is 0 Å². The number of para-hydroxylation sites is 1. The SMILES string of the molecule is Nc1cccc(-c2ccc(Cl)c(C(=O)Nc3cc(C(=O)CC4CCC(O)CC4)nn3-c3ccccc3)c2)n1. The van der Waals surface area contributed by atoms with Crippen LogP contribution in [0.5, 0.6) is 0 Å². The van der Waals surface area contributed by atoms with Crippen molar-refractivity contribution in [3.05, 3.63) is 89.1 Å². The van der Waals surface area contributed by atoms with Crippen LogP contribution >= 0.6 is 11.6 Å². The normalized spacial score (nSPS) is 17.2. The van der Waals surface area contributed by atoms with E-state index in [1.54, 1.807) is 47.1 Å². The van der Waals surface area contributed by atoms with E-state index in [9.17, 15) is 14.7 Å². The number of aromatic nitrogens is 3. The molecule has 0 spiro atoms. The van der Waals surface area contributed by atoms with Gasteiger partial charge in [-0.2, -0.15) is 5.10 Å². The number of Topliss-reactive ketones (excluding diaryl/α,β-unsaturated/α-hetero) is 1. The van der Waals surface area contributed by atoms with Crippen molar-refractivity contribution in [2.45, 2.75) is 38.2 Å². The summed E-state index contributed by atoms with van der Waals surface area (Å²) in [6.07, 6.45) is 3.12. The van der Waals surface area contributed by atoms with Gasteiger partial charge in [-0.3, -0.25) is 9.59 Å². The van der Waals surface area contributed by atoms with E-state index in [1.807, 2.05) is 30.3 Å². The van der Waals surface area contributed by atoms with Crippen LogP contribution in [0.3, 0.4) is 0 Å². The minimum absolute atomic E-state index is 0.0932. The number of hydrogen-bond donors (Lipinski definition) is 3. The van der Waals surface area contributed by atoms with Gasteiger partial charge >= 0.3 is 0 Å². The fourth-order valence-corrected chi connectivity index (χ4v) is 4.95. The van der Waals surface area contributed by atoms with Gasteiger partial charge in [-0.25, -0.2) is 9.67 Å². The van der Waals surface area contributed by atoms with Gasteiger partial charge in [-0.1, -0.05) is 41.9 Å². The number of amides is 1. The molecule has 38 heavy (non-hydrogen) atoms. The topological polar surface area (TPSA) is 123 Å². The Morgan fingerprint density at radius 2 is 1.76 bits per heavy atom. The summed E-state index contributed by atoms with van der Waals surface area (Å²) in [7, 11) is 0. The van der Waals surface area contributed by atoms with E-state index in [2.05, 4.69) is 15.4 Å². The van der Waals surface area contributed by atoms with Crippen LogP contribution in [0.1, 0.15) is 53.0 Å². The van der Waals surface area contributed by atoms with Crippen molar-refractivity contribution in [2.24, 2.45) is 5.92 Å². The zero-order valence-corrected chi connectivity index (χ0v) is 21.4. The van der Waals surface area contributed by atoms with Crippen molar-refractivity contribution in [3.8, 4) is 16.9 Å². The molecule has 4 aromatic rings. The Morgan fingerprint density at radius 1 is 1.00 bits per heavy atom. The van der Waals surface area contributed by atoms with Crippen LogP contribution in [0.15, 0.2) is 72.8 Å². The molecule has 1 fully saturated rings. The number of nitrogens with zero attached hydrogens (tertiary/aromatic N) is 3. The summed E-state index contributed by atoms with van der Waals surface area (Å²) in [6.45, 7) is 0. The third kappa shape index (κ3) is 5.77. The van der Waals surface area contributed by atoms with E-state index in [0.29, 0.717) is 47.8 Å². The molecule has 5 rings (SSSR count). The quantitative estimate of drug-likeness (QED) is 0.270. The van der Waals surface area contributed by atoms with Crippen LogP contribution in [0.25, 0.3) is 16.9 Å². The number of hydrogen-bond acceptors (Lipinski definition) is 6. The number of benzene rings is 2. The van der Waals surface area contributed by atoms with E-state index in [-0.39, 0.29) is 34.1 Å². The third-order valence-electron chi connectivity index (χ3n) is 6.81. The first-order chi connectivity index (χ1) is 18.4. The summed E-state index contributed by atoms with van der Waals surface area (Å²) in [5.74, 6) is 0.402. The number of nitrogens with one attached hydrogen (secondary N) is 1. The van der Waals surface area contributed by atoms with Crippen LogP contribution in [0.2, 0.25) is 5.02 Å². The smallest absolute Gasteiger partial charge is 0.258 e. The Balaban J connectivity index is 1.43. The predicted molar refractivity (Wildman–Crippen MR) is 148 cm³/mol.